The molecule has 3 rings (SSSR count). The van der Waals surface area contributed by atoms with E-state index in [2.05, 4.69) is 20.1 Å². The molecule has 0 aliphatic carbocycles. The van der Waals surface area contributed by atoms with Gasteiger partial charge in [0.05, 0.1) is 5.69 Å². The summed E-state index contributed by atoms with van der Waals surface area (Å²) in [4.78, 5) is 16.5. The summed E-state index contributed by atoms with van der Waals surface area (Å²) in [5.41, 5.74) is -0.0825. The molecule has 1 N–H and O–H groups in total. The van der Waals surface area contributed by atoms with E-state index < -0.39 is 23.6 Å². The number of alkyl halides is 5. The molecule has 148 valence electrons. The van der Waals surface area contributed by atoms with Gasteiger partial charge in [-0.1, -0.05) is 6.07 Å². The van der Waals surface area contributed by atoms with Gasteiger partial charge in [-0.15, -0.1) is 0 Å². The molecule has 28 heavy (non-hydrogen) atoms. The van der Waals surface area contributed by atoms with Gasteiger partial charge in [0.1, 0.15) is 11.4 Å². The molecule has 2 aromatic heterocycles. The van der Waals surface area contributed by atoms with E-state index in [9.17, 15) is 22.4 Å². The highest BCUT2D eigenvalue weighted by Gasteiger charge is 2.32. The lowest BCUT2D eigenvalue weighted by atomic mass is 10.2. The van der Waals surface area contributed by atoms with Gasteiger partial charge in [-0.25, -0.2) is 9.50 Å². The van der Waals surface area contributed by atoms with Gasteiger partial charge in [0.25, 0.3) is 5.91 Å². The number of fused-ring (bicyclic) bond motifs is 1. The molecule has 0 unspecified atom stereocenters. The average molecular weight is 417 g/mol. The van der Waals surface area contributed by atoms with Crippen molar-refractivity contribution in [3.63, 3.8) is 0 Å². The van der Waals surface area contributed by atoms with E-state index in [4.69, 9.17) is 11.6 Å². The maximum absolute atomic E-state index is 13.6. The van der Waals surface area contributed by atoms with Crippen LogP contribution in [-0.2, 0) is 5.38 Å². The minimum Gasteiger partial charge on any atom is -0.433 e. The summed E-state index contributed by atoms with van der Waals surface area (Å²) in [5.74, 6) is -1.07. The lowest BCUT2D eigenvalue weighted by molar-refractivity contribution is -0.0494. The molecule has 1 amide bonds. The van der Waals surface area contributed by atoms with Crippen molar-refractivity contribution in [3.05, 3.63) is 53.0 Å². The van der Waals surface area contributed by atoms with Crippen LogP contribution in [0.4, 0.5) is 23.2 Å². The number of carbonyl (C=O) groups excluding carboxylic acids is 1. The van der Waals surface area contributed by atoms with Crippen molar-refractivity contribution in [2.75, 3.05) is 5.32 Å². The minimum atomic E-state index is -3.74. The van der Waals surface area contributed by atoms with E-state index >= 15 is 0 Å². The number of rotatable bonds is 5. The third-order valence-electron chi connectivity index (χ3n) is 3.68. The zero-order chi connectivity index (χ0) is 20.6. The highest BCUT2D eigenvalue weighted by molar-refractivity contribution is 6.21. The molecular formula is C17H13ClF4N4O2. The van der Waals surface area contributed by atoms with Crippen LogP contribution in [0.5, 0.6) is 5.75 Å². The average Bonchev–Trinajstić information content (AvgIpc) is 2.98. The van der Waals surface area contributed by atoms with Crippen LogP contribution in [0.1, 0.15) is 27.4 Å². The standard InChI is InChI=1S/C17H13ClF4N4O2/c1-8-3-4-10(12(5-8)28-16(19)20)24-15(27)11-7-14-23-9(2)6-13(17(18,21)22)26(14)25-11/h3-7,16H,1-2H3,(H,24,27). The van der Waals surface area contributed by atoms with Crippen LogP contribution in [0.15, 0.2) is 30.3 Å². The second-order valence-corrected chi connectivity index (χ2v) is 6.39. The molecular weight excluding hydrogens is 404 g/mol. The fraction of sp³-hybridized carbons (Fsp3) is 0.235. The van der Waals surface area contributed by atoms with Gasteiger partial charge >= 0.3 is 12.0 Å². The summed E-state index contributed by atoms with van der Waals surface area (Å²) in [6.07, 6.45) is 0. The number of halogens is 5. The predicted molar refractivity (Wildman–Crippen MR) is 93.2 cm³/mol. The Kier molecular flexibility index (Phi) is 5.16. The van der Waals surface area contributed by atoms with Gasteiger partial charge in [-0.05, 0) is 49.2 Å². The highest BCUT2D eigenvalue weighted by Crippen LogP contribution is 2.33. The minimum absolute atomic E-state index is 0.0200. The Balaban J connectivity index is 1.97. The fourth-order valence-corrected chi connectivity index (χ4v) is 2.66. The molecule has 0 spiro atoms. The zero-order valence-corrected chi connectivity index (χ0v) is 15.3. The first-order valence-corrected chi connectivity index (χ1v) is 8.24. The van der Waals surface area contributed by atoms with E-state index in [1.807, 2.05) is 0 Å². The predicted octanol–water partition coefficient (Wildman–Crippen LogP) is 4.49. The largest absolute Gasteiger partial charge is 0.433 e. The first kappa shape index (κ1) is 19.9. The van der Waals surface area contributed by atoms with Gasteiger partial charge in [-0.3, -0.25) is 4.79 Å². The number of ether oxygens (including phenoxy) is 1. The van der Waals surface area contributed by atoms with Gasteiger partial charge < -0.3 is 10.1 Å². The Hall–Kier alpha value is -2.88. The van der Waals surface area contributed by atoms with Crippen LogP contribution >= 0.6 is 11.6 Å². The fourth-order valence-electron chi connectivity index (χ4n) is 2.53. The number of aromatic nitrogens is 3. The summed E-state index contributed by atoms with van der Waals surface area (Å²) < 4.78 is 57.6. The van der Waals surface area contributed by atoms with Crippen LogP contribution in [-0.4, -0.2) is 27.1 Å². The molecule has 0 bridgehead atoms. The molecule has 2 heterocycles. The second kappa shape index (κ2) is 7.27. The van der Waals surface area contributed by atoms with E-state index in [-0.39, 0.29) is 28.5 Å². The lowest BCUT2D eigenvalue weighted by Crippen LogP contribution is -2.16. The summed E-state index contributed by atoms with van der Waals surface area (Å²) in [5, 5.41) is 2.45. The number of amides is 1. The van der Waals surface area contributed by atoms with Crippen molar-refractivity contribution in [2.24, 2.45) is 0 Å². The number of nitrogens with zero attached hydrogens (tertiary/aromatic N) is 3. The highest BCUT2D eigenvalue weighted by atomic mass is 35.5. The monoisotopic (exact) mass is 416 g/mol. The smallest absolute Gasteiger partial charge is 0.387 e. The summed E-state index contributed by atoms with van der Waals surface area (Å²) in [6, 6.07) is 6.50. The Labute approximate surface area is 161 Å². The second-order valence-electron chi connectivity index (χ2n) is 5.91. The third kappa shape index (κ3) is 4.16. The molecule has 0 aliphatic rings. The van der Waals surface area contributed by atoms with E-state index in [1.54, 1.807) is 13.0 Å². The first-order chi connectivity index (χ1) is 13.0. The Morgan fingerprint density at radius 3 is 2.61 bits per heavy atom. The maximum Gasteiger partial charge on any atom is 0.387 e. The van der Waals surface area contributed by atoms with Crippen molar-refractivity contribution in [1.82, 2.24) is 14.6 Å². The van der Waals surface area contributed by atoms with Crippen molar-refractivity contribution in [1.29, 1.82) is 0 Å². The van der Waals surface area contributed by atoms with Gasteiger partial charge in [0, 0.05) is 11.8 Å². The maximum atomic E-state index is 13.6. The third-order valence-corrected chi connectivity index (χ3v) is 3.87. The number of hydrogen-bond donors (Lipinski definition) is 1. The first-order valence-electron chi connectivity index (χ1n) is 7.86. The Morgan fingerprint density at radius 2 is 1.96 bits per heavy atom. The number of aryl methyl sites for hydroxylation is 2. The molecule has 0 aliphatic heterocycles. The normalized spacial score (nSPS) is 11.9. The van der Waals surface area contributed by atoms with Crippen LogP contribution in [0.3, 0.4) is 0 Å². The van der Waals surface area contributed by atoms with Crippen molar-refractivity contribution in [2.45, 2.75) is 25.8 Å². The lowest BCUT2D eigenvalue weighted by Gasteiger charge is -2.12. The summed E-state index contributed by atoms with van der Waals surface area (Å²) >= 11 is 5.10. The number of hydrogen-bond acceptors (Lipinski definition) is 4. The van der Waals surface area contributed by atoms with Crippen molar-refractivity contribution < 1.29 is 27.1 Å². The number of carbonyl (C=O) groups is 1. The van der Waals surface area contributed by atoms with Gasteiger partial charge in [-0.2, -0.15) is 22.7 Å². The Morgan fingerprint density at radius 1 is 1.25 bits per heavy atom. The van der Waals surface area contributed by atoms with Crippen LogP contribution in [0.2, 0.25) is 0 Å². The van der Waals surface area contributed by atoms with E-state index in [0.717, 1.165) is 10.6 Å². The topological polar surface area (TPSA) is 68.5 Å². The van der Waals surface area contributed by atoms with Gasteiger partial charge in [0.2, 0.25) is 0 Å². The quantitative estimate of drug-likeness (QED) is 0.491. The molecule has 6 nitrogen and oxygen atoms in total. The van der Waals surface area contributed by atoms with E-state index in [0.29, 0.717) is 5.56 Å². The van der Waals surface area contributed by atoms with Crippen LogP contribution in [0, 0.1) is 13.8 Å². The molecule has 0 atom stereocenters. The van der Waals surface area contributed by atoms with Crippen LogP contribution < -0.4 is 10.1 Å². The number of nitrogens with one attached hydrogen (secondary N) is 1. The summed E-state index contributed by atoms with van der Waals surface area (Å²) in [7, 11) is 0. The Bertz CT molecular complexity index is 1050. The van der Waals surface area contributed by atoms with Crippen molar-refractivity contribution in [3.8, 4) is 5.75 Å². The number of benzene rings is 1. The SMILES string of the molecule is Cc1ccc(NC(=O)c2cc3nc(C)cc(C(F)(F)Cl)n3n2)c(OC(F)F)c1. The molecule has 11 heteroatoms. The molecule has 0 saturated carbocycles. The van der Waals surface area contributed by atoms with E-state index in [1.165, 1.54) is 25.1 Å². The molecule has 3 aromatic rings. The summed E-state index contributed by atoms with van der Waals surface area (Å²) in [6.45, 7) is 0.0564. The molecule has 0 saturated heterocycles. The zero-order valence-electron chi connectivity index (χ0n) is 14.5. The van der Waals surface area contributed by atoms with Crippen LogP contribution in [0.25, 0.3) is 5.65 Å². The number of anilines is 1. The van der Waals surface area contributed by atoms with Gasteiger partial charge in [0.15, 0.2) is 11.3 Å². The molecule has 1 aromatic carbocycles. The molecule has 0 fully saturated rings. The molecule has 0 radical (unpaired) electrons. The van der Waals surface area contributed by atoms with Crippen molar-refractivity contribution >= 4 is 28.8 Å².